The molecule has 2 aromatic rings. The van der Waals surface area contributed by atoms with Crippen LogP contribution >= 0.6 is 11.6 Å². The van der Waals surface area contributed by atoms with Crippen molar-refractivity contribution in [1.82, 2.24) is 5.32 Å². The fraction of sp³-hybridized carbons (Fsp3) is 0.385. The van der Waals surface area contributed by atoms with Gasteiger partial charge in [-0.3, -0.25) is 0 Å². The third-order valence-electron chi connectivity index (χ3n) is 2.87. The molecule has 1 unspecified atom stereocenters. The van der Waals surface area contributed by atoms with Crippen LogP contribution in [0.25, 0.3) is 11.0 Å². The number of furan rings is 1. The van der Waals surface area contributed by atoms with Gasteiger partial charge in [-0.15, -0.1) is 0 Å². The Hall–Kier alpha value is -1.06. The Labute approximate surface area is 105 Å². The van der Waals surface area contributed by atoms with Crippen molar-refractivity contribution in [3.8, 4) is 0 Å². The SMILES string of the molecule is CCCC(NC)c1cc2ccc(Cl)c(F)c2o1. The van der Waals surface area contributed by atoms with Crippen LogP contribution in [0.15, 0.2) is 22.6 Å². The summed E-state index contributed by atoms with van der Waals surface area (Å²) in [6.45, 7) is 2.10. The van der Waals surface area contributed by atoms with Crippen LogP contribution in [0.3, 0.4) is 0 Å². The number of fused-ring (bicyclic) bond motifs is 1. The van der Waals surface area contributed by atoms with Gasteiger partial charge in [0.1, 0.15) is 5.76 Å². The molecular formula is C13H15ClFNO. The van der Waals surface area contributed by atoms with E-state index in [2.05, 4.69) is 12.2 Å². The number of hydrogen-bond donors (Lipinski definition) is 1. The predicted octanol–water partition coefficient (Wildman–Crippen LogP) is 4.29. The molecule has 0 aliphatic rings. The summed E-state index contributed by atoms with van der Waals surface area (Å²) < 4.78 is 19.3. The quantitative estimate of drug-likeness (QED) is 0.882. The number of hydrogen-bond acceptors (Lipinski definition) is 2. The second kappa shape index (κ2) is 5.07. The minimum atomic E-state index is -0.484. The Morgan fingerprint density at radius 2 is 2.24 bits per heavy atom. The molecule has 1 heterocycles. The summed E-state index contributed by atoms with van der Waals surface area (Å²) in [6.07, 6.45) is 1.98. The number of rotatable bonds is 4. The summed E-state index contributed by atoms with van der Waals surface area (Å²) in [4.78, 5) is 0. The average molecular weight is 256 g/mol. The summed E-state index contributed by atoms with van der Waals surface area (Å²) in [7, 11) is 1.87. The summed E-state index contributed by atoms with van der Waals surface area (Å²) in [5.41, 5.74) is 0.240. The Balaban J connectivity index is 2.47. The van der Waals surface area contributed by atoms with Crippen molar-refractivity contribution in [1.29, 1.82) is 0 Å². The summed E-state index contributed by atoms with van der Waals surface area (Å²) >= 11 is 5.72. The molecule has 0 spiro atoms. The zero-order chi connectivity index (χ0) is 12.4. The van der Waals surface area contributed by atoms with Crippen LogP contribution in [0.4, 0.5) is 4.39 Å². The van der Waals surface area contributed by atoms with E-state index in [-0.39, 0.29) is 16.6 Å². The van der Waals surface area contributed by atoms with Gasteiger partial charge in [0.15, 0.2) is 11.4 Å². The smallest absolute Gasteiger partial charge is 0.184 e. The molecule has 4 heteroatoms. The zero-order valence-corrected chi connectivity index (χ0v) is 10.6. The Kier molecular flexibility index (Phi) is 3.69. The lowest BCUT2D eigenvalue weighted by Gasteiger charge is -2.11. The van der Waals surface area contributed by atoms with E-state index in [1.54, 1.807) is 12.1 Å². The standard InChI is InChI=1S/C13H15ClFNO/c1-3-4-10(16-2)11-7-8-5-6-9(14)12(15)13(8)17-11/h5-7,10,16H,3-4H2,1-2H3. The lowest BCUT2D eigenvalue weighted by atomic mass is 10.1. The highest BCUT2D eigenvalue weighted by molar-refractivity contribution is 6.31. The van der Waals surface area contributed by atoms with Gasteiger partial charge in [-0.05, 0) is 31.7 Å². The van der Waals surface area contributed by atoms with E-state index in [0.29, 0.717) is 0 Å². The molecule has 0 fully saturated rings. The molecule has 2 nitrogen and oxygen atoms in total. The molecule has 1 aromatic carbocycles. The first-order valence-corrected chi connectivity index (χ1v) is 6.09. The van der Waals surface area contributed by atoms with Gasteiger partial charge in [-0.25, -0.2) is 4.39 Å². The summed E-state index contributed by atoms with van der Waals surface area (Å²) in [5.74, 6) is 0.271. The molecule has 0 saturated heterocycles. The lowest BCUT2D eigenvalue weighted by molar-refractivity contribution is 0.423. The van der Waals surface area contributed by atoms with Crippen molar-refractivity contribution < 1.29 is 8.81 Å². The number of benzene rings is 1. The van der Waals surface area contributed by atoms with E-state index >= 15 is 0 Å². The normalized spacial score (nSPS) is 13.2. The highest BCUT2D eigenvalue weighted by atomic mass is 35.5. The van der Waals surface area contributed by atoms with E-state index in [1.807, 2.05) is 13.1 Å². The molecule has 0 aliphatic heterocycles. The minimum Gasteiger partial charge on any atom is -0.456 e. The average Bonchev–Trinajstić information content (AvgIpc) is 2.75. The Bertz CT molecular complexity index is 523. The molecular weight excluding hydrogens is 241 g/mol. The van der Waals surface area contributed by atoms with Gasteiger partial charge >= 0.3 is 0 Å². The third-order valence-corrected chi connectivity index (χ3v) is 3.16. The molecule has 1 N–H and O–H groups in total. The van der Waals surface area contributed by atoms with Crippen molar-refractivity contribution >= 4 is 22.6 Å². The fourth-order valence-electron chi connectivity index (χ4n) is 1.95. The molecule has 2 rings (SSSR count). The van der Waals surface area contributed by atoms with E-state index in [9.17, 15) is 4.39 Å². The third kappa shape index (κ3) is 2.31. The molecule has 0 saturated carbocycles. The summed E-state index contributed by atoms with van der Waals surface area (Å²) in [6, 6.07) is 5.30. The van der Waals surface area contributed by atoms with Crippen LogP contribution in [0.5, 0.6) is 0 Å². The van der Waals surface area contributed by atoms with Gasteiger partial charge in [0, 0.05) is 5.39 Å². The monoisotopic (exact) mass is 255 g/mol. The van der Waals surface area contributed by atoms with Gasteiger partial charge in [0.25, 0.3) is 0 Å². The van der Waals surface area contributed by atoms with Crippen molar-refractivity contribution in [2.24, 2.45) is 0 Å². The van der Waals surface area contributed by atoms with Crippen molar-refractivity contribution in [2.75, 3.05) is 7.05 Å². The van der Waals surface area contributed by atoms with Crippen LogP contribution in [-0.4, -0.2) is 7.05 Å². The van der Waals surface area contributed by atoms with E-state index in [1.165, 1.54) is 0 Å². The molecule has 1 atom stereocenters. The molecule has 92 valence electrons. The second-order valence-corrected chi connectivity index (χ2v) is 4.47. The molecule has 1 aromatic heterocycles. The van der Waals surface area contributed by atoms with E-state index < -0.39 is 5.82 Å². The predicted molar refractivity (Wildman–Crippen MR) is 67.9 cm³/mol. The first-order valence-electron chi connectivity index (χ1n) is 5.72. The zero-order valence-electron chi connectivity index (χ0n) is 9.89. The lowest BCUT2D eigenvalue weighted by Crippen LogP contribution is -2.15. The van der Waals surface area contributed by atoms with Crippen LogP contribution in [0.2, 0.25) is 5.02 Å². The maximum Gasteiger partial charge on any atom is 0.184 e. The number of halogens is 2. The molecule has 17 heavy (non-hydrogen) atoms. The second-order valence-electron chi connectivity index (χ2n) is 4.06. The maximum absolute atomic E-state index is 13.7. The van der Waals surface area contributed by atoms with Crippen LogP contribution in [0, 0.1) is 5.82 Å². The van der Waals surface area contributed by atoms with E-state index in [4.69, 9.17) is 16.0 Å². The minimum absolute atomic E-state index is 0.0925. The maximum atomic E-state index is 13.7. The highest BCUT2D eigenvalue weighted by Gasteiger charge is 2.16. The van der Waals surface area contributed by atoms with Crippen molar-refractivity contribution in [3.05, 3.63) is 34.8 Å². The Morgan fingerprint density at radius 3 is 2.88 bits per heavy atom. The molecule has 0 amide bonds. The van der Waals surface area contributed by atoms with Gasteiger partial charge in [-0.1, -0.05) is 24.9 Å². The van der Waals surface area contributed by atoms with Crippen LogP contribution in [-0.2, 0) is 0 Å². The van der Waals surface area contributed by atoms with Gasteiger partial charge in [0.2, 0.25) is 0 Å². The van der Waals surface area contributed by atoms with Gasteiger partial charge < -0.3 is 9.73 Å². The van der Waals surface area contributed by atoms with Gasteiger partial charge in [0.05, 0.1) is 11.1 Å². The Morgan fingerprint density at radius 1 is 1.47 bits per heavy atom. The summed E-state index contributed by atoms with van der Waals surface area (Å²) in [5, 5.41) is 4.01. The largest absolute Gasteiger partial charge is 0.456 e. The van der Waals surface area contributed by atoms with Crippen molar-refractivity contribution in [3.63, 3.8) is 0 Å². The van der Waals surface area contributed by atoms with Gasteiger partial charge in [-0.2, -0.15) is 0 Å². The molecule has 0 aliphatic carbocycles. The first-order chi connectivity index (χ1) is 8.17. The van der Waals surface area contributed by atoms with Crippen LogP contribution in [0.1, 0.15) is 31.6 Å². The number of nitrogens with one attached hydrogen (secondary N) is 1. The van der Waals surface area contributed by atoms with Crippen molar-refractivity contribution in [2.45, 2.75) is 25.8 Å². The fourth-order valence-corrected chi connectivity index (χ4v) is 2.10. The topological polar surface area (TPSA) is 25.2 Å². The van der Waals surface area contributed by atoms with Crippen LogP contribution < -0.4 is 5.32 Å². The van der Waals surface area contributed by atoms with E-state index in [0.717, 1.165) is 24.0 Å². The molecule has 0 radical (unpaired) electrons. The first kappa shape index (κ1) is 12.4. The highest BCUT2D eigenvalue weighted by Crippen LogP contribution is 2.30. The molecule has 0 bridgehead atoms.